The molecule has 6 nitrogen and oxygen atoms in total. The zero-order chi connectivity index (χ0) is 14.7. The highest BCUT2D eigenvalue weighted by Gasteiger charge is 2.13. The summed E-state index contributed by atoms with van der Waals surface area (Å²) < 4.78 is 5.25. The number of hydrogen-bond donors (Lipinski definition) is 2. The molecule has 0 aliphatic carbocycles. The molecular weight excluding hydrogens is 268 g/mol. The van der Waals surface area contributed by atoms with Gasteiger partial charge in [0.25, 0.3) is 5.91 Å². The van der Waals surface area contributed by atoms with Crippen molar-refractivity contribution < 1.29 is 9.53 Å². The average Bonchev–Trinajstić information content (AvgIpc) is 2.93. The monoisotopic (exact) mass is 282 g/mol. The summed E-state index contributed by atoms with van der Waals surface area (Å²) in [6.07, 6.45) is 1.55. The first-order valence-corrected chi connectivity index (χ1v) is 6.61. The number of aromatic nitrogens is 3. The van der Waals surface area contributed by atoms with Gasteiger partial charge in [0, 0.05) is 11.5 Å². The normalized spacial score (nSPS) is 10.5. The number of aromatic amines is 1. The SMILES string of the molecule is CCOc1ccc(NC(=O)c2n[nH]c3ccccc23)cn1. The summed E-state index contributed by atoms with van der Waals surface area (Å²) >= 11 is 0. The van der Waals surface area contributed by atoms with Gasteiger partial charge in [0.2, 0.25) is 5.88 Å². The van der Waals surface area contributed by atoms with E-state index in [9.17, 15) is 4.79 Å². The van der Waals surface area contributed by atoms with Crippen LogP contribution >= 0.6 is 0 Å². The Kier molecular flexibility index (Phi) is 3.51. The van der Waals surface area contributed by atoms with Gasteiger partial charge < -0.3 is 10.1 Å². The van der Waals surface area contributed by atoms with E-state index in [1.54, 1.807) is 18.3 Å². The number of nitrogens with one attached hydrogen (secondary N) is 2. The van der Waals surface area contributed by atoms with Gasteiger partial charge in [-0.2, -0.15) is 5.10 Å². The molecule has 3 rings (SSSR count). The molecule has 0 aliphatic heterocycles. The fourth-order valence-electron chi connectivity index (χ4n) is 2.01. The third-order valence-electron chi connectivity index (χ3n) is 2.97. The number of hydrogen-bond acceptors (Lipinski definition) is 4. The Bertz CT molecular complexity index is 765. The van der Waals surface area contributed by atoms with Crippen LogP contribution in [0.1, 0.15) is 17.4 Å². The van der Waals surface area contributed by atoms with Gasteiger partial charge in [-0.3, -0.25) is 9.89 Å². The first-order valence-electron chi connectivity index (χ1n) is 6.61. The molecule has 3 aromatic rings. The van der Waals surface area contributed by atoms with E-state index in [1.165, 1.54) is 0 Å². The third-order valence-corrected chi connectivity index (χ3v) is 2.97. The van der Waals surface area contributed by atoms with Crippen LogP contribution in [0.25, 0.3) is 10.9 Å². The van der Waals surface area contributed by atoms with Crippen molar-refractivity contribution in [3.8, 4) is 5.88 Å². The molecule has 0 unspecified atom stereocenters. The molecule has 2 aromatic heterocycles. The Morgan fingerprint density at radius 1 is 1.29 bits per heavy atom. The number of benzene rings is 1. The predicted octanol–water partition coefficient (Wildman–Crippen LogP) is 2.61. The van der Waals surface area contributed by atoms with Crippen LogP contribution in [0.5, 0.6) is 5.88 Å². The molecule has 106 valence electrons. The quantitative estimate of drug-likeness (QED) is 0.770. The number of amides is 1. The second-order valence-electron chi connectivity index (χ2n) is 4.39. The Labute approximate surface area is 121 Å². The Morgan fingerprint density at radius 2 is 2.14 bits per heavy atom. The van der Waals surface area contributed by atoms with E-state index >= 15 is 0 Å². The molecule has 2 heterocycles. The second kappa shape index (κ2) is 5.62. The fourth-order valence-corrected chi connectivity index (χ4v) is 2.01. The van der Waals surface area contributed by atoms with Crippen molar-refractivity contribution >= 4 is 22.5 Å². The summed E-state index contributed by atoms with van der Waals surface area (Å²) in [6, 6.07) is 10.9. The molecule has 0 atom stereocenters. The first-order chi connectivity index (χ1) is 10.3. The maximum absolute atomic E-state index is 12.2. The summed E-state index contributed by atoms with van der Waals surface area (Å²) in [6.45, 7) is 2.44. The van der Waals surface area contributed by atoms with Crippen LogP contribution in [0.2, 0.25) is 0 Å². The maximum Gasteiger partial charge on any atom is 0.276 e. The number of fused-ring (bicyclic) bond motifs is 1. The van der Waals surface area contributed by atoms with Crippen molar-refractivity contribution in [3.05, 3.63) is 48.3 Å². The first kappa shape index (κ1) is 13.1. The molecular formula is C15H14N4O2. The predicted molar refractivity (Wildman–Crippen MR) is 79.5 cm³/mol. The molecule has 6 heteroatoms. The number of pyridine rings is 1. The molecule has 0 saturated heterocycles. The van der Waals surface area contributed by atoms with Crippen LogP contribution in [0.4, 0.5) is 5.69 Å². The molecule has 0 aliphatic rings. The van der Waals surface area contributed by atoms with Crippen molar-refractivity contribution in [1.82, 2.24) is 15.2 Å². The van der Waals surface area contributed by atoms with Gasteiger partial charge >= 0.3 is 0 Å². The number of ether oxygens (including phenoxy) is 1. The highest BCUT2D eigenvalue weighted by Crippen LogP contribution is 2.17. The van der Waals surface area contributed by atoms with Crippen LogP contribution in [-0.2, 0) is 0 Å². The van der Waals surface area contributed by atoms with Crippen molar-refractivity contribution in [2.75, 3.05) is 11.9 Å². The summed E-state index contributed by atoms with van der Waals surface area (Å²) in [5, 5.41) is 10.4. The van der Waals surface area contributed by atoms with Crippen LogP contribution in [0, 0.1) is 0 Å². The maximum atomic E-state index is 12.2. The van der Waals surface area contributed by atoms with E-state index in [1.807, 2.05) is 31.2 Å². The number of rotatable bonds is 4. The lowest BCUT2D eigenvalue weighted by atomic mass is 10.2. The Hall–Kier alpha value is -2.89. The number of carbonyl (C=O) groups excluding carboxylic acids is 1. The van der Waals surface area contributed by atoms with Gasteiger partial charge in [-0.25, -0.2) is 4.98 Å². The van der Waals surface area contributed by atoms with Gasteiger partial charge in [0.15, 0.2) is 5.69 Å². The standard InChI is InChI=1S/C15H14N4O2/c1-2-21-13-8-7-10(9-16-13)17-15(20)14-11-5-3-4-6-12(11)18-19-14/h3-9H,2H2,1H3,(H,17,20)(H,18,19). The lowest BCUT2D eigenvalue weighted by Crippen LogP contribution is -2.13. The average molecular weight is 282 g/mol. The van der Waals surface area contributed by atoms with E-state index in [0.29, 0.717) is 23.9 Å². The van der Waals surface area contributed by atoms with E-state index in [4.69, 9.17) is 4.74 Å². The third kappa shape index (κ3) is 2.69. The number of anilines is 1. The summed E-state index contributed by atoms with van der Waals surface area (Å²) in [7, 11) is 0. The molecule has 0 spiro atoms. The van der Waals surface area contributed by atoms with Gasteiger partial charge in [-0.15, -0.1) is 0 Å². The Balaban J connectivity index is 1.79. The second-order valence-corrected chi connectivity index (χ2v) is 4.39. The zero-order valence-electron chi connectivity index (χ0n) is 11.5. The summed E-state index contributed by atoms with van der Waals surface area (Å²) in [4.78, 5) is 16.3. The van der Waals surface area contributed by atoms with E-state index in [0.717, 1.165) is 10.9 Å². The minimum atomic E-state index is -0.279. The Morgan fingerprint density at radius 3 is 2.90 bits per heavy atom. The summed E-state index contributed by atoms with van der Waals surface area (Å²) in [5.41, 5.74) is 1.78. The lowest BCUT2D eigenvalue weighted by molar-refractivity contribution is 0.102. The molecule has 21 heavy (non-hydrogen) atoms. The van der Waals surface area contributed by atoms with Gasteiger partial charge in [-0.05, 0) is 19.1 Å². The van der Waals surface area contributed by atoms with Crippen LogP contribution in [-0.4, -0.2) is 27.7 Å². The van der Waals surface area contributed by atoms with E-state index in [2.05, 4.69) is 20.5 Å². The van der Waals surface area contributed by atoms with Gasteiger partial charge in [-0.1, -0.05) is 18.2 Å². The molecule has 0 radical (unpaired) electrons. The largest absolute Gasteiger partial charge is 0.478 e. The molecule has 1 aromatic carbocycles. The van der Waals surface area contributed by atoms with E-state index < -0.39 is 0 Å². The van der Waals surface area contributed by atoms with Crippen molar-refractivity contribution in [3.63, 3.8) is 0 Å². The van der Waals surface area contributed by atoms with Crippen molar-refractivity contribution in [2.24, 2.45) is 0 Å². The lowest BCUT2D eigenvalue weighted by Gasteiger charge is -2.05. The number of para-hydroxylation sites is 1. The zero-order valence-corrected chi connectivity index (χ0v) is 11.5. The molecule has 0 bridgehead atoms. The van der Waals surface area contributed by atoms with Crippen LogP contribution < -0.4 is 10.1 Å². The summed E-state index contributed by atoms with van der Waals surface area (Å²) in [5.74, 6) is 0.249. The number of nitrogens with zero attached hydrogens (tertiary/aromatic N) is 2. The highest BCUT2D eigenvalue weighted by molar-refractivity contribution is 6.10. The molecule has 0 fully saturated rings. The molecule has 2 N–H and O–H groups in total. The molecule has 0 saturated carbocycles. The minimum absolute atomic E-state index is 0.279. The number of H-pyrrole nitrogens is 1. The smallest absolute Gasteiger partial charge is 0.276 e. The topological polar surface area (TPSA) is 79.9 Å². The van der Waals surface area contributed by atoms with Gasteiger partial charge in [0.1, 0.15) is 0 Å². The minimum Gasteiger partial charge on any atom is -0.478 e. The van der Waals surface area contributed by atoms with Crippen molar-refractivity contribution in [2.45, 2.75) is 6.92 Å². The molecule has 1 amide bonds. The van der Waals surface area contributed by atoms with Gasteiger partial charge in [0.05, 0.1) is 24.0 Å². The fraction of sp³-hybridized carbons (Fsp3) is 0.133. The van der Waals surface area contributed by atoms with Crippen LogP contribution in [0.3, 0.4) is 0 Å². The highest BCUT2D eigenvalue weighted by atomic mass is 16.5. The van der Waals surface area contributed by atoms with Crippen LogP contribution in [0.15, 0.2) is 42.6 Å². The number of carbonyl (C=O) groups is 1. The van der Waals surface area contributed by atoms with Crippen molar-refractivity contribution in [1.29, 1.82) is 0 Å². The van der Waals surface area contributed by atoms with E-state index in [-0.39, 0.29) is 5.91 Å².